The van der Waals surface area contributed by atoms with E-state index in [4.69, 9.17) is 4.74 Å². The number of carbonyl (C=O) groups excluding carboxylic acids is 2. The van der Waals surface area contributed by atoms with Gasteiger partial charge in [0.05, 0.1) is 0 Å². The third kappa shape index (κ3) is 4.74. The average Bonchev–Trinajstić information content (AvgIpc) is 3.58. The van der Waals surface area contributed by atoms with Crippen LogP contribution in [-0.2, 0) is 9.53 Å². The lowest BCUT2D eigenvalue weighted by molar-refractivity contribution is -0.141. The Morgan fingerprint density at radius 1 is 0.966 bits per heavy atom. The van der Waals surface area contributed by atoms with Gasteiger partial charge in [-0.15, -0.1) is 0 Å². The van der Waals surface area contributed by atoms with Crippen LogP contribution in [0.1, 0.15) is 49.7 Å². The van der Waals surface area contributed by atoms with Crippen LogP contribution >= 0.6 is 0 Å². The Bertz CT molecular complexity index is 748. The van der Waals surface area contributed by atoms with Crippen molar-refractivity contribution >= 4 is 17.6 Å². The molecule has 158 valence electrons. The molecule has 0 radical (unpaired) electrons. The molecule has 3 aliphatic rings. The van der Waals surface area contributed by atoms with Crippen molar-refractivity contribution in [1.82, 2.24) is 9.80 Å². The highest BCUT2D eigenvalue weighted by atomic mass is 16.5. The summed E-state index contributed by atoms with van der Waals surface area (Å²) in [5, 5.41) is 3.03. The largest absolute Gasteiger partial charge is 0.381 e. The van der Waals surface area contributed by atoms with E-state index in [1.807, 2.05) is 23.1 Å². The molecule has 1 saturated carbocycles. The fraction of sp³-hybridized carbons (Fsp3) is 0.652. The normalized spacial score (nSPS) is 21.1. The standard InChI is InChI=1S/C23H33N3O3/c1-16-3-6-19(15-17(16)2)24-23(28)25-11-7-20(8-12-25)26(22(27)18-4-5-18)21-9-13-29-14-10-21/h3,6,15,18,20-21H,4-5,7-14H2,1-2H3,(H,24,28). The molecule has 2 saturated heterocycles. The lowest BCUT2D eigenvalue weighted by atomic mass is 9.97. The Kier molecular flexibility index (Phi) is 6.09. The number of anilines is 1. The Balaban J connectivity index is 1.35. The van der Waals surface area contributed by atoms with Crippen molar-refractivity contribution in [3.8, 4) is 0 Å². The zero-order chi connectivity index (χ0) is 20.4. The molecule has 2 heterocycles. The molecule has 2 aliphatic heterocycles. The minimum Gasteiger partial charge on any atom is -0.381 e. The first-order chi connectivity index (χ1) is 14.0. The zero-order valence-corrected chi connectivity index (χ0v) is 17.7. The first kappa shape index (κ1) is 20.2. The van der Waals surface area contributed by atoms with Gasteiger partial charge in [-0.3, -0.25) is 4.79 Å². The van der Waals surface area contributed by atoms with Crippen molar-refractivity contribution in [2.45, 2.75) is 64.5 Å². The number of piperidine rings is 1. The van der Waals surface area contributed by atoms with Crippen molar-refractivity contribution in [3.05, 3.63) is 29.3 Å². The van der Waals surface area contributed by atoms with E-state index in [1.165, 1.54) is 11.1 Å². The van der Waals surface area contributed by atoms with Gasteiger partial charge in [-0.25, -0.2) is 4.79 Å². The Morgan fingerprint density at radius 2 is 1.62 bits per heavy atom. The van der Waals surface area contributed by atoms with Crippen LogP contribution in [0.2, 0.25) is 0 Å². The van der Waals surface area contributed by atoms with Gasteiger partial charge in [-0.1, -0.05) is 6.07 Å². The molecule has 6 heteroatoms. The number of ether oxygens (including phenoxy) is 1. The molecule has 6 nitrogen and oxygen atoms in total. The molecule has 29 heavy (non-hydrogen) atoms. The number of hydrogen-bond donors (Lipinski definition) is 1. The minimum absolute atomic E-state index is 0.0437. The number of benzene rings is 1. The number of urea groups is 1. The summed E-state index contributed by atoms with van der Waals surface area (Å²) < 4.78 is 5.51. The van der Waals surface area contributed by atoms with Gasteiger partial charge in [0.1, 0.15) is 0 Å². The van der Waals surface area contributed by atoms with Gasteiger partial charge in [-0.05, 0) is 75.6 Å². The number of nitrogens with zero attached hydrogens (tertiary/aromatic N) is 2. The number of carbonyl (C=O) groups is 2. The van der Waals surface area contributed by atoms with E-state index in [0.29, 0.717) is 25.0 Å². The average molecular weight is 400 g/mol. The quantitative estimate of drug-likeness (QED) is 0.839. The monoisotopic (exact) mass is 399 g/mol. The highest BCUT2D eigenvalue weighted by Gasteiger charge is 2.41. The van der Waals surface area contributed by atoms with Crippen LogP contribution in [0.25, 0.3) is 0 Å². The molecule has 0 bridgehead atoms. The van der Waals surface area contributed by atoms with Gasteiger partial charge < -0.3 is 19.9 Å². The summed E-state index contributed by atoms with van der Waals surface area (Å²) in [6.45, 7) is 7.00. The summed E-state index contributed by atoms with van der Waals surface area (Å²) in [5.41, 5.74) is 3.23. The van der Waals surface area contributed by atoms with Crippen LogP contribution in [0.4, 0.5) is 10.5 Å². The zero-order valence-electron chi connectivity index (χ0n) is 17.7. The SMILES string of the molecule is Cc1ccc(NC(=O)N2CCC(N(C(=O)C3CC3)C3CCOCC3)CC2)cc1C. The van der Waals surface area contributed by atoms with Crippen LogP contribution < -0.4 is 5.32 Å². The number of hydrogen-bond acceptors (Lipinski definition) is 3. The molecule has 1 N–H and O–H groups in total. The maximum atomic E-state index is 13.0. The molecule has 0 aromatic heterocycles. The van der Waals surface area contributed by atoms with E-state index in [2.05, 4.69) is 24.1 Å². The highest BCUT2D eigenvalue weighted by Crippen LogP contribution is 2.35. The van der Waals surface area contributed by atoms with Crippen LogP contribution in [0.15, 0.2) is 18.2 Å². The Hall–Kier alpha value is -2.08. The van der Waals surface area contributed by atoms with Crippen molar-refractivity contribution in [1.29, 1.82) is 0 Å². The maximum Gasteiger partial charge on any atom is 0.321 e. The first-order valence-corrected chi connectivity index (χ1v) is 11.1. The third-order valence-corrected chi connectivity index (χ3v) is 6.67. The van der Waals surface area contributed by atoms with Gasteiger partial charge in [0.2, 0.25) is 5.91 Å². The van der Waals surface area contributed by atoms with E-state index < -0.39 is 0 Å². The molecule has 0 unspecified atom stereocenters. The Labute approximate surface area is 173 Å². The first-order valence-electron chi connectivity index (χ1n) is 11.1. The molecule has 1 aromatic carbocycles. The lowest BCUT2D eigenvalue weighted by Crippen LogP contribution is -2.54. The van der Waals surface area contributed by atoms with E-state index in [9.17, 15) is 9.59 Å². The van der Waals surface area contributed by atoms with Crippen molar-refractivity contribution < 1.29 is 14.3 Å². The van der Waals surface area contributed by atoms with Crippen LogP contribution in [-0.4, -0.2) is 60.1 Å². The van der Waals surface area contributed by atoms with Crippen molar-refractivity contribution in [3.63, 3.8) is 0 Å². The number of aryl methyl sites for hydroxylation is 2. The lowest BCUT2D eigenvalue weighted by Gasteiger charge is -2.43. The summed E-state index contributed by atoms with van der Waals surface area (Å²) in [6, 6.07) is 6.51. The van der Waals surface area contributed by atoms with Crippen molar-refractivity contribution in [2.24, 2.45) is 5.92 Å². The van der Waals surface area contributed by atoms with E-state index in [-0.39, 0.29) is 18.0 Å². The Morgan fingerprint density at radius 3 is 2.24 bits per heavy atom. The smallest absolute Gasteiger partial charge is 0.321 e. The summed E-state index contributed by atoms with van der Waals surface area (Å²) >= 11 is 0. The fourth-order valence-corrected chi connectivity index (χ4v) is 4.53. The molecule has 4 rings (SSSR count). The number of amides is 3. The molecule has 3 fully saturated rings. The topological polar surface area (TPSA) is 61.9 Å². The highest BCUT2D eigenvalue weighted by molar-refractivity contribution is 5.89. The van der Waals surface area contributed by atoms with Gasteiger partial charge in [0.15, 0.2) is 0 Å². The molecule has 1 aromatic rings. The molecule has 1 aliphatic carbocycles. The van der Waals surface area contributed by atoms with E-state index >= 15 is 0 Å². The molecule has 3 amide bonds. The predicted octanol–water partition coefficient (Wildman–Crippen LogP) is 3.72. The summed E-state index contributed by atoms with van der Waals surface area (Å²) in [4.78, 5) is 29.8. The maximum absolute atomic E-state index is 13.0. The number of likely N-dealkylation sites (tertiary alicyclic amines) is 1. The van der Waals surface area contributed by atoms with Crippen molar-refractivity contribution in [2.75, 3.05) is 31.6 Å². The van der Waals surface area contributed by atoms with Gasteiger partial charge >= 0.3 is 6.03 Å². The second-order valence-corrected chi connectivity index (χ2v) is 8.81. The molecular formula is C23H33N3O3. The minimum atomic E-state index is -0.0437. The number of nitrogens with one attached hydrogen (secondary N) is 1. The molecule has 0 spiro atoms. The summed E-state index contributed by atoms with van der Waals surface area (Å²) in [7, 11) is 0. The second-order valence-electron chi connectivity index (χ2n) is 8.81. The van der Waals surface area contributed by atoms with Crippen LogP contribution in [0.5, 0.6) is 0 Å². The van der Waals surface area contributed by atoms with E-state index in [1.54, 1.807) is 0 Å². The molecular weight excluding hydrogens is 366 g/mol. The summed E-state index contributed by atoms with van der Waals surface area (Å²) in [5.74, 6) is 0.582. The second kappa shape index (κ2) is 8.74. The van der Waals surface area contributed by atoms with E-state index in [0.717, 1.165) is 57.4 Å². The number of rotatable bonds is 4. The van der Waals surface area contributed by atoms with Crippen LogP contribution in [0.3, 0.4) is 0 Å². The van der Waals surface area contributed by atoms with Crippen LogP contribution in [0, 0.1) is 19.8 Å². The van der Waals surface area contributed by atoms with Gasteiger partial charge in [0.25, 0.3) is 0 Å². The summed E-state index contributed by atoms with van der Waals surface area (Å²) in [6.07, 6.45) is 5.66. The van der Waals surface area contributed by atoms with Gasteiger partial charge in [-0.2, -0.15) is 0 Å². The molecule has 0 atom stereocenters. The van der Waals surface area contributed by atoms with Gasteiger partial charge in [0, 0.05) is 50.0 Å². The fourth-order valence-electron chi connectivity index (χ4n) is 4.53. The third-order valence-electron chi connectivity index (χ3n) is 6.67. The predicted molar refractivity (Wildman–Crippen MR) is 113 cm³/mol.